The Morgan fingerprint density at radius 3 is 2.48 bits per heavy atom. The molecular weight excluding hydrogens is 395 g/mol. The van der Waals surface area contributed by atoms with E-state index in [0.717, 1.165) is 34.4 Å². The van der Waals surface area contributed by atoms with Gasteiger partial charge in [-0.25, -0.2) is 9.87 Å². The molecule has 0 radical (unpaired) electrons. The molecule has 1 amide bonds. The number of phenols is 1. The molecule has 0 saturated carbocycles. The van der Waals surface area contributed by atoms with Gasteiger partial charge in [-0.1, -0.05) is 30.3 Å². The Bertz CT molecular complexity index is 1130. The number of halogens is 1. The van der Waals surface area contributed by atoms with Crippen LogP contribution in [0.3, 0.4) is 0 Å². The molecule has 4 rings (SSSR count). The van der Waals surface area contributed by atoms with E-state index in [1.54, 1.807) is 35.8 Å². The van der Waals surface area contributed by atoms with Crippen molar-refractivity contribution in [1.82, 2.24) is 5.48 Å². The summed E-state index contributed by atoms with van der Waals surface area (Å²) in [6.07, 6.45) is 3.62. The Labute approximate surface area is 180 Å². The maximum atomic E-state index is 13.6. The van der Waals surface area contributed by atoms with Gasteiger partial charge in [-0.3, -0.25) is 10.0 Å². The summed E-state index contributed by atoms with van der Waals surface area (Å²) in [5, 5.41) is 18.6. The summed E-state index contributed by atoms with van der Waals surface area (Å²) in [5.74, 6) is -0.644. The zero-order valence-corrected chi connectivity index (χ0v) is 17.0. The average molecular weight is 418 g/mol. The molecule has 3 N–H and O–H groups in total. The quantitative estimate of drug-likeness (QED) is 0.334. The Morgan fingerprint density at radius 2 is 1.81 bits per heavy atom. The monoisotopic (exact) mass is 418 g/mol. The maximum absolute atomic E-state index is 13.6. The molecule has 1 aliphatic heterocycles. The summed E-state index contributed by atoms with van der Waals surface area (Å²) in [7, 11) is 0. The molecule has 1 aliphatic rings. The van der Waals surface area contributed by atoms with Crippen molar-refractivity contribution >= 4 is 17.7 Å². The minimum Gasteiger partial charge on any atom is -0.508 e. The number of benzene rings is 3. The van der Waals surface area contributed by atoms with Crippen molar-refractivity contribution in [2.24, 2.45) is 0 Å². The summed E-state index contributed by atoms with van der Waals surface area (Å²) < 4.78 is 13.6. The average Bonchev–Trinajstić information content (AvgIpc) is 2.78. The minimum absolute atomic E-state index is 0.235. The molecule has 0 fully saturated rings. The number of fused-ring (bicyclic) bond motifs is 1. The maximum Gasteiger partial charge on any atom is 0.267 e. The van der Waals surface area contributed by atoms with Crippen LogP contribution in [0.5, 0.6) is 5.75 Å². The molecule has 0 aromatic heterocycles. The van der Waals surface area contributed by atoms with Crippen LogP contribution in [0.4, 0.5) is 10.1 Å². The second kappa shape index (κ2) is 8.24. The number of carbonyl (C=O) groups is 1. The Balaban J connectivity index is 1.80. The number of carbonyl (C=O) groups excluding carboxylic acids is 1. The van der Waals surface area contributed by atoms with E-state index in [2.05, 4.69) is 11.8 Å². The van der Waals surface area contributed by atoms with E-state index in [9.17, 15) is 14.3 Å². The van der Waals surface area contributed by atoms with Gasteiger partial charge in [0.05, 0.1) is 5.54 Å². The van der Waals surface area contributed by atoms with Gasteiger partial charge in [0.15, 0.2) is 0 Å². The van der Waals surface area contributed by atoms with Crippen molar-refractivity contribution in [2.45, 2.75) is 18.9 Å². The lowest BCUT2D eigenvalue weighted by molar-refractivity contribution is -0.124. The number of nitrogens with one attached hydrogen (secondary N) is 1. The molecule has 5 nitrogen and oxygen atoms in total. The highest BCUT2D eigenvalue weighted by atomic mass is 19.1. The number of aromatic hydroxyl groups is 1. The van der Waals surface area contributed by atoms with E-state index in [0.29, 0.717) is 6.54 Å². The first kappa shape index (κ1) is 20.6. The Hall–Kier alpha value is -3.64. The fourth-order valence-corrected chi connectivity index (χ4v) is 4.31. The van der Waals surface area contributed by atoms with E-state index in [1.165, 1.54) is 18.2 Å². The van der Waals surface area contributed by atoms with E-state index >= 15 is 0 Å². The molecule has 0 bridgehead atoms. The first-order chi connectivity index (χ1) is 14.9. The van der Waals surface area contributed by atoms with Gasteiger partial charge in [0.2, 0.25) is 0 Å². The van der Waals surface area contributed by atoms with Crippen molar-refractivity contribution in [3.8, 4) is 5.75 Å². The lowest BCUT2D eigenvalue weighted by Gasteiger charge is -2.48. The first-order valence-electron chi connectivity index (χ1n) is 10.00. The standard InChI is InChI=1S/C25H23FN2O3/c1-25(19-5-2-17(3-6-19)4-13-24(30)27-31)23-12-11-22(29)16-18(23)14-15-28(25)21-9-7-20(26)8-10-21/h2-13,16,29,31H,14-15H2,1H3,(H,27,30)/b13-4+. The van der Waals surface area contributed by atoms with E-state index in [4.69, 9.17) is 5.21 Å². The van der Waals surface area contributed by atoms with Crippen LogP contribution in [-0.4, -0.2) is 22.8 Å². The van der Waals surface area contributed by atoms with Crippen LogP contribution in [0.1, 0.15) is 29.2 Å². The normalized spacial score (nSPS) is 18.1. The van der Waals surface area contributed by atoms with Gasteiger partial charge < -0.3 is 10.0 Å². The van der Waals surface area contributed by atoms with Crippen molar-refractivity contribution in [2.75, 3.05) is 11.4 Å². The fraction of sp³-hybridized carbons (Fsp3) is 0.160. The molecule has 31 heavy (non-hydrogen) atoms. The number of hydrogen-bond acceptors (Lipinski definition) is 4. The van der Waals surface area contributed by atoms with Gasteiger partial charge >= 0.3 is 0 Å². The van der Waals surface area contributed by atoms with Gasteiger partial charge in [0.25, 0.3) is 5.91 Å². The van der Waals surface area contributed by atoms with Crippen LogP contribution in [0.15, 0.2) is 72.8 Å². The smallest absolute Gasteiger partial charge is 0.267 e. The number of rotatable bonds is 4. The summed E-state index contributed by atoms with van der Waals surface area (Å²) in [5.41, 5.74) is 5.90. The van der Waals surface area contributed by atoms with Crippen LogP contribution in [-0.2, 0) is 16.8 Å². The predicted octanol–water partition coefficient (Wildman–Crippen LogP) is 4.38. The third-order valence-electron chi connectivity index (χ3n) is 5.91. The third kappa shape index (κ3) is 3.90. The molecule has 0 saturated heterocycles. The number of amides is 1. The second-order valence-electron chi connectivity index (χ2n) is 7.72. The second-order valence-corrected chi connectivity index (χ2v) is 7.72. The summed E-state index contributed by atoms with van der Waals surface area (Å²) in [4.78, 5) is 13.5. The van der Waals surface area contributed by atoms with Gasteiger partial charge in [0, 0.05) is 18.3 Å². The predicted molar refractivity (Wildman–Crippen MR) is 117 cm³/mol. The molecule has 3 aromatic rings. The van der Waals surface area contributed by atoms with Gasteiger partial charge in [-0.2, -0.15) is 0 Å². The number of nitrogens with zero attached hydrogens (tertiary/aromatic N) is 1. The van der Waals surface area contributed by atoms with Crippen molar-refractivity contribution in [1.29, 1.82) is 0 Å². The number of phenolic OH excluding ortho intramolecular Hbond substituents is 1. The van der Waals surface area contributed by atoms with Gasteiger partial charge in [-0.15, -0.1) is 0 Å². The number of anilines is 1. The van der Waals surface area contributed by atoms with Crippen LogP contribution >= 0.6 is 0 Å². The summed E-state index contributed by atoms with van der Waals surface area (Å²) in [6, 6.07) is 19.7. The summed E-state index contributed by atoms with van der Waals surface area (Å²) in [6.45, 7) is 2.83. The number of hydroxylamine groups is 1. The van der Waals surface area contributed by atoms with Gasteiger partial charge in [0.1, 0.15) is 11.6 Å². The molecular formula is C25H23FN2O3. The molecule has 1 unspecified atom stereocenters. The number of hydrogen-bond donors (Lipinski definition) is 3. The van der Waals surface area contributed by atoms with E-state index < -0.39 is 11.4 Å². The van der Waals surface area contributed by atoms with Gasteiger partial charge in [-0.05, 0) is 78.1 Å². The van der Waals surface area contributed by atoms with Crippen molar-refractivity contribution in [3.63, 3.8) is 0 Å². The summed E-state index contributed by atoms with van der Waals surface area (Å²) >= 11 is 0. The lowest BCUT2D eigenvalue weighted by atomic mass is 9.76. The third-order valence-corrected chi connectivity index (χ3v) is 5.91. The SMILES string of the molecule is CC1(c2ccc(/C=C/C(=O)NO)cc2)c2ccc(O)cc2CCN1c1ccc(F)cc1. The van der Waals surface area contributed by atoms with E-state index in [1.807, 2.05) is 30.3 Å². The zero-order chi connectivity index (χ0) is 22.0. The zero-order valence-electron chi connectivity index (χ0n) is 17.0. The minimum atomic E-state index is -0.598. The molecule has 3 aromatic carbocycles. The molecule has 0 spiro atoms. The topological polar surface area (TPSA) is 72.8 Å². The van der Waals surface area contributed by atoms with Crippen molar-refractivity contribution < 1.29 is 19.5 Å². The Kier molecular flexibility index (Phi) is 5.48. The van der Waals surface area contributed by atoms with Crippen LogP contribution in [0, 0.1) is 5.82 Å². The highest BCUT2D eigenvalue weighted by Gasteiger charge is 2.40. The largest absolute Gasteiger partial charge is 0.508 e. The Morgan fingerprint density at radius 1 is 1.10 bits per heavy atom. The molecule has 6 heteroatoms. The van der Waals surface area contributed by atoms with E-state index in [-0.39, 0.29) is 11.6 Å². The fourth-order valence-electron chi connectivity index (χ4n) is 4.31. The highest BCUT2D eigenvalue weighted by Crippen LogP contribution is 2.44. The first-order valence-corrected chi connectivity index (χ1v) is 10.00. The molecule has 1 heterocycles. The molecule has 1 atom stereocenters. The lowest BCUT2D eigenvalue weighted by Crippen LogP contribution is -2.49. The highest BCUT2D eigenvalue weighted by molar-refractivity contribution is 5.90. The van der Waals surface area contributed by atoms with Crippen LogP contribution < -0.4 is 10.4 Å². The van der Waals surface area contributed by atoms with Crippen LogP contribution in [0.25, 0.3) is 6.08 Å². The van der Waals surface area contributed by atoms with Crippen LogP contribution in [0.2, 0.25) is 0 Å². The molecule has 0 aliphatic carbocycles. The molecule has 158 valence electrons. The van der Waals surface area contributed by atoms with Crippen molar-refractivity contribution in [3.05, 3.63) is 101 Å².